The minimum atomic E-state index is -0.256. The molecule has 8 heteroatoms. The second-order valence-corrected chi connectivity index (χ2v) is 5.52. The fraction of sp³-hybridized carbons (Fsp3) is 0.235. The van der Waals surface area contributed by atoms with Gasteiger partial charge < -0.3 is 19.7 Å². The van der Waals surface area contributed by atoms with Crippen molar-refractivity contribution in [2.24, 2.45) is 0 Å². The van der Waals surface area contributed by atoms with Gasteiger partial charge >= 0.3 is 0 Å². The number of likely N-dealkylation sites (N-methyl/N-ethyl adjacent to an activating group) is 1. The number of nitrogens with one attached hydrogen (secondary N) is 1. The maximum atomic E-state index is 12.3. The van der Waals surface area contributed by atoms with E-state index in [1.54, 1.807) is 42.3 Å². The van der Waals surface area contributed by atoms with Gasteiger partial charge in [-0.25, -0.2) is 4.98 Å². The van der Waals surface area contributed by atoms with E-state index in [1.165, 1.54) is 14.2 Å². The Morgan fingerprint density at radius 1 is 1.28 bits per heavy atom. The van der Waals surface area contributed by atoms with Crippen molar-refractivity contribution in [3.8, 4) is 17.6 Å². The number of halogens is 1. The zero-order chi connectivity index (χ0) is 18.4. The van der Waals surface area contributed by atoms with Crippen molar-refractivity contribution in [3.05, 3.63) is 41.0 Å². The van der Waals surface area contributed by atoms with Crippen LogP contribution in [-0.4, -0.2) is 38.7 Å². The Bertz CT molecular complexity index is 798. The number of nitrogens with zero attached hydrogens (tertiary/aromatic N) is 3. The summed E-state index contributed by atoms with van der Waals surface area (Å²) in [6, 6.07) is 10.2. The summed E-state index contributed by atoms with van der Waals surface area (Å²) in [5.74, 6) is 1.36. The molecule has 7 nitrogen and oxygen atoms in total. The molecular weight excluding hydrogens is 344 g/mol. The third-order valence-electron chi connectivity index (χ3n) is 3.34. The number of ether oxygens (including phenoxy) is 2. The second kappa shape index (κ2) is 8.22. The second-order valence-electron chi connectivity index (χ2n) is 5.12. The summed E-state index contributed by atoms with van der Waals surface area (Å²) in [6.45, 7) is 0.0407. The highest BCUT2D eigenvalue weighted by Crippen LogP contribution is 2.25. The van der Waals surface area contributed by atoms with E-state index >= 15 is 0 Å². The molecule has 1 heterocycles. The van der Waals surface area contributed by atoms with Gasteiger partial charge in [-0.15, -0.1) is 0 Å². The molecule has 2 aromatic rings. The maximum Gasteiger partial charge on any atom is 0.243 e. The molecule has 0 unspecified atom stereocenters. The lowest BCUT2D eigenvalue weighted by Crippen LogP contribution is -2.30. The zero-order valence-electron chi connectivity index (χ0n) is 14.0. The number of nitriles is 1. The smallest absolute Gasteiger partial charge is 0.243 e. The lowest BCUT2D eigenvalue weighted by atomic mass is 10.2. The Morgan fingerprint density at radius 3 is 2.48 bits per heavy atom. The third-order valence-corrected chi connectivity index (χ3v) is 3.65. The van der Waals surface area contributed by atoms with Crippen LogP contribution < -0.4 is 19.7 Å². The Balaban J connectivity index is 2.08. The van der Waals surface area contributed by atoms with Gasteiger partial charge in [0.1, 0.15) is 23.4 Å². The number of methoxy groups -OCH3 is 2. The summed E-state index contributed by atoms with van der Waals surface area (Å²) in [4.78, 5) is 18.0. The number of hydrogen-bond donors (Lipinski definition) is 1. The van der Waals surface area contributed by atoms with Crippen molar-refractivity contribution in [3.63, 3.8) is 0 Å². The molecule has 0 aliphatic rings. The monoisotopic (exact) mass is 360 g/mol. The number of rotatable bonds is 6. The van der Waals surface area contributed by atoms with E-state index in [1.807, 2.05) is 6.07 Å². The van der Waals surface area contributed by atoms with E-state index in [0.717, 1.165) is 0 Å². The lowest BCUT2D eigenvalue weighted by molar-refractivity contribution is -0.114. The molecule has 0 radical (unpaired) electrons. The number of amides is 1. The quantitative estimate of drug-likeness (QED) is 0.852. The van der Waals surface area contributed by atoms with Crippen LogP contribution in [0, 0.1) is 11.3 Å². The highest BCUT2D eigenvalue weighted by atomic mass is 35.5. The highest BCUT2D eigenvalue weighted by Gasteiger charge is 2.12. The Kier molecular flexibility index (Phi) is 6.03. The van der Waals surface area contributed by atoms with Crippen LogP contribution in [0.15, 0.2) is 30.3 Å². The maximum absolute atomic E-state index is 12.3. The molecule has 0 saturated heterocycles. The summed E-state index contributed by atoms with van der Waals surface area (Å²) >= 11 is 5.86. The molecule has 1 aromatic carbocycles. The van der Waals surface area contributed by atoms with Gasteiger partial charge in [-0.05, 0) is 12.1 Å². The van der Waals surface area contributed by atoms with Crippen LogP contribution in [0.2, 0.25) is 5.02 Å². The van der Waals surface area contributed by atoms with Crippen LogP contribution >= 0.6 is 11.6 Å². The zero-order valence-corrected chi connectivity index (χ0v) is 14.8. The van der Waals surface area contributed by atoms with Crippen molar-refractivity contribution >= 4 is 29.0 Å². The standard InChI is InChI=1S/C17H17ClN4O3/c1-22(16-5-4-14(18)15(9-19)21-16)10-17(23)20-11-6-12(24-2)8-13(7-11)25-3/h4-8H,10H2,1-3H3,(H,20,23). The number of benzene rings is 1. The SMILES string of the molecule is COc1cc(NC(=O)CN(C)c2ccc(Cl)c(C#N)n2)cc(OC)c1. The first-order chi connectivity index (χ1) is 12.0. The van der Waals surface area contributed by atoms with Gasteiger partial charge in [-0.3, -0.25) is 4.79 Å². The first-order valence-electron chi connectivity index (χ1n) is 7.27. The summed E-state index contributed by atoms with van der Waals surface area (Å²) in [5.41, 5.74) is 0.667. The van der Waals surface area contributed by atoms with Crippen LogP contribution in [0.5, 0.6) is 11.5 Å². The van der Waals surface area contributed by atoms with E-state index in [0.29, 0.717) is 23.0 Å². The van der Waals surface area contributed by atoms with E-state index in [4.69, 9.17) is 26.3 Å². The normalized spacial score (nSPS) is 9.88. The predicted octanol–water partition coefficient (Wildman–Crippen LogP) is 2.70. The van der Waals surface area contributed by atoms with Crippen molar-refractivity contribution < 1.29 is 14.3 Å². The molecular formula is C17H17ClN4O3. The predicted molar refractivity (Wildman–Crippen MR) is 95.4 cm³/mol. The van der Waals surface area contributed by atoms with Gasteiger partial charge in [0.2, 0.25) is 5.91 Å². The third kappa shape index (κ3) is 4.75. The van der Waals surface area contributed by atoms with E-state index in [-0.39, 0.29) is 23.2 Å². The van der Waals surface area contributed by atoms with E-state index < -0.39 is 0 Å². The van der Waals surface area contributed by atoms with Crippen LogP contribution in [-0.2, 0) is 4.79 Å². The summed E-state index contributed by atoms with van der Waals surface area (Å²) in [6.07, 6.45) is 0. The number of hydrogen-bond acceptors (Lipinski definition) is 6. The molecule has 25 heavy (non-hydrogen) atoms. The van der Waals surface area contributed by atoms with Gasteiger partial charge in [0.25, 0.3) is 0 Å². The number of anilines is 2. The molecule has 1 N–H and O–H groups in total. The van der Waals surface area contributed by atoms with Crippen molar-refractivity contribution in [2.75, 3.05) is 38.0 Å². The Morgan fingerprint density at radius 2 is 1.92 bits per heavy atom. The average Bonchev–Trinajstić information content (AvgIpc) is 2.61. The van der Waals surface area contributed by atoms with Crippen molar-refractivity contribution in [1.82, 2.24) is 4.98 Å². The molecule has 1 amide bonds. The van der Waals surface area contributed by atoms with Crippen LogP contribution in [0.4, 0.5) is 11.5 Å². The largest absolute Gasteiger partial charge is 0.497 e. The van der Waals surface area contributed by atoms with Crippen LogP contribution in [0.25, 0.3) is 0 Å². The van der Waals surface area contributed by atoms with E-state index in [9.17, 15) is 4.79 Å². The molecule has 2 rings (SSSR count). The molecule has 0 aliphatic heterocycles. The number of pyridine rings is 1. The first-order valence-corrected chi connectivity index (χ1v) is 7.65. The van der Waals surface area contributed by atoms with Crippen molar-refractivity contribution in [2.45, 2.75) is 0 Å². The van der Waals surface area contributed by atoms with Gasteiger partial charge in [0, 0.05) is 30.9 Å². The van der Waals surface area contributed by atoms with Gasteiger partial charge in [-0.2, -0.15) is 5.26 Å². The molecule has 0 aliphatic carbocycles. The minimum absolute atomic E-state index is 0.0407. The van der Waals surface area contributed by atoms with Crippen LogP contribution in [0.3, 0.4) is 0 Å². The molecule has 0 bridgehead atoms. The fourth-order valence-electron chi connectivity index (χ4n) is 2.10. The summed E-state index contributed by atoms with van der Waals surface area (Å²) < 4.78 is 10.3. The average molecular weight is 361 g/mol. The molecule has 0 saturated carbocycles. The minimum Gasteiger partial charge on any atom is -0.497 e. The molecule has 130 valence electrons. The summed E-state index contributed by atoms with van der Waals surface area (Å²) in [7, 11) is 4.77. The van der Waals surface area contributed by atoms with Crippen molar-refractivity contribution in [1.29, 1.82) is 5.26 Å². The topological polar surface area (TPSA) is 87.5 Å². The Hall–Kier alpha value is -2.98. The van der Waals surface area contributed by atoms with Gasteiger partial charge in [0.05, 0.1) is 25.8 Å². The molecule has 0 atom stereocenters. The molecule has 1 aromatic heterocycles. The summed E-state index contributed by atoms with van der Waals surface area (Å²) in [5, 5.41) is 12.0. The van der Waals surface area contributed by atoms with Gasteiger partial charge in [0.15, 0.2) is 5.69 Å². The molecule has 0 spiro atoms. The fourth-order valence-corrected chi connectivity index (χ4v) is 2.25. The number of carbonyl (C=O) groups is 1. The number of carbonyl (C=O) groups excluding carboxylic acids is 1. The Labute approximate surface area is 150 Å². The van der Waals surface area contributed by atoms with Gasteiger partial charge in [-0.1, -0.05) is 11.6 Å². The first kappa shape index (κ1) is 18.4. The lowest BCUT2D eigenvalue weighted by Gasteiger charge is -2.18. The molecule has 0 fully saturated rings. The highest BCUT2D eigenvalue weighted by molar-refractivity contribution is 6.31. The number of aromatic nitrogens is 1. The van der Waals surface area contributed by atoms with Crippen LogP contribution in [0.1, 0.15) is 5.69 Å². The van der Waals surface area contributed by atoms with E-state index in [2.05, 4.69) is 10.3 Å².